The van der Waals surface area contributed by atoms with Crippen LogP contribution < -0.4 is 15.4 Å². The number of amides is 1. The second-order valence-electron chi connectivity index (χ2n) is 5.95. The van der Waals surface area contributed by atoms with Crippen molar-refractivity contribution in [1.82, 2.24) is 0 Å². The molecule has 1 amide bonds. The van der Waals surface area contributed by atoms with Gasteiger partial charge < -0.3 is 15.4 Å². The highest BCUT2D eigenvalue weighted by Gasteiger charge is 2.05. The van der Waals surface area contributed by atoms with E-state index >= 15 is 0 Å². The lowest BCUT2D eigenvalue weighted by Gasteiger charge is -2.11. The van der Waals surface area contributed by atoms with E-state index < -0.39 is 0 Å². The Balaban J connectivity index is 1.81. The van der Waals surface area contributed by atoms with Gasteiger partial charge in [0.2, 0.25) is 5.91 Å². The first-order valence-corrected chi connectivity index (χ1v) is 8.42. The van der Waals surface area contributed by atoms with Gasteiger partial charge in [-0.05, 0) is 56.2 Å². The molecule has 0 aliphatic heterocycles. The maximum Gasteiger partial charge on any atom is 0.243 e. The molecule has 0 radical (unpaired) electrons. The lowest BCUT2D eigenvalue weighted by Crippen LogP contribution is -2.22. The Kier molecular flexibility index (Phi) is 6.67. The topological polar surface area (TPSA) is 50.4 Å². The van der Waals surface area contributed by atoms with Crippen LogP contribution >= 0.6 is 0 Å². The molecule has 0 aliphatic rings. The van der Waals surface area contributed by atoms with Crippen LogP contribution in [-0.2, 0) is 4.79 Å². The summed E-state index contributed by atoms with van der Waals surface area (Å²) in [6.07, 6.45) is 2.17. The van der Waals surface area contributed by atoms with Gasteiger partial charge in [0.1, 0.15) is 5.75 Å². The van der Waals surface area contributed by atoms with Gasteiger partial charge in [0.15, 0.2) is 0 Å². The third-order valence-corrected chi connectivity index (χ3v) is 3.73. The Morgan fingerprint density at radius 3 is 2.50 bits per heavy atom. The summed E-state index contributed by atoms with van der Waals surface area (Å²) >= 11 is 0. The summed E-state index contributed by atoms with van der Waals surface area (Å²) in [5, 5.41) is 6.05. The maximum absolute atomic E-state index is 12.1. The fourth-order valence-corrected chi connectivity index (χ4v) is 2.33. The fraction of sp³-hybridized carbons (Fsp3) is 0.350. The molecule has 0 atom stereocenters. The number of unbranched alkanes of at least 4 members (excludes halogenated alkanes) is 1. The predicted molar refractivity (Wildman–Crippen MR) is 99.9 cm³/mol. The van der Waals surface area contributed by atoms with E-state index in [1.54, 1.807) is 0 Å². The lowest BCUT2D eigenvalue weighted by molar-refractivity contribution is -0.114. The Hall–Kier alpha value is -2.49. The molecule has 2 aromatic rings. The van der Waals surface area contributed by atoms with Crippen LogP contribution in [0.4, 0.5) is 11.4 Å². The zero-order valence-electron chi connectivity index (χ0n) is 14.7. The zero-order valence-corrected chi connectivity index (χ0v) is 14.7. The second-order valence-corrected chi connectivity index (χ2v) is 5.95. The molecule has 24 heavy (non-hydrogen) atoms. The van der Waals surface area contributed by atoms with Crippen LogP contribution in [-0.4, -0.2) is 19.1 Å². The molecule has 128 valence electrons. The summed E-state index contributed by atoms with van der Waals surface area (Å²) in [4.78, 5) is 12.1. The van der Waals surface area contributed by atoms with Crippen molar-refractivity contribution in [2.75, 3.05) is 23.8 Å². The number of nitrogens with one attached hydrogen (secondary N) is 2. The van der Waals surface area contributed by atoms with Crippen LogP contribution in [0.15, 0.2) is 42.5 Å². The van der Waals surface area contributed by atoms with Crippen molar-refractivity contribution >= 4 is 17.3 Å². The summed E-state index contributed by atoms with van der Waals surface area (Å²) in [7, 11) is 0. The first kappa shape index (κ1) is 17.9. The molecule has 0 heterocycles. The van der Waals surface area contributed by atoms with Crippen LogP contribution in [0.2, 0.25) is 0 Å². The highest BCUT2D eigenvalue weighted by Crippen LogP contribution is 2.17. The standard InChI is InChI=1S/C20H26N2O2/c1-4-5-12-24-18-9-7-17(8-10-18)21-14-20(23)22-19-11-6-15(2)13-16(19)3/h6-11,13,21H,4-5,12,14H2,1-3H3,(H,22,23). The van der Waals surface area contributed by atoms with Crippen molar-refractivity contribution in [3.63, 3.8) is 0 Å². The quantitative estimate of drug-likeness (QED) is 0.701. The Bertz CT molecular complexity index is 666. The molecule has 0 saturated heterocycles. The highest BCUT2D eigenvalue weighted by atomic mass is 16.5. The van der Waals surface area contributed by atoms with Gasteiger partial charge in [0.05, 0.1) is 13.2 Å². The van der Waals surface area contributed by atoms with Gasteiger partial charge in [-0.1, -0.05) is 31.0 Å². The SMILES string of the molecule is CCCCOc1ccc(NCC(=O)Nc2ccc(C)cc2C)cc1. The normalized spacial score (nSPS) is 10.3. The largest absolute Gasteiger partial charge is 0.494 e. The number of anilines is 2. The average molecular weight is 326 g/mol. The van der Waals surface area contributed by atoms with Crippen LogP contribution in [0.1, 0.15) is 30.9 Å². The van der Waals surface area contributed by atoms with Crippen molar-refractivity contribution in [1.29, 1.82) is 0 Å². The molecule has 0 spiro atoms. The molecule has 0 aromatic heterocycles. The minimum Gasteiger partial charge on any atom is -0.494 e. The lowest BCUT2D eigenvalue weighted by atomic mass is 10.1. The number of benzene rings is 2. The monoisotopic (exact) mass is 326 g/mol. The smallest absolute Gasteiger partial charge is 0.243 e. The van der Waals surface area contributed by atoms with Gasteiger partial charge in [-0.25, -0.2) is 0 Å². The van der Waals surface area contributed by atoms with E-state index in [4.69, 9.17) is 4.74 Å². The van der Waals surface area contributed by atoms with Crippen molar-refractivity contribution in [2.24, 2.45) is 0 Å². The molecule has 2 rings (SSSR count). The number of carbonyl (C=O) groups excluding carboxylic acids is 1. The number of hydrogen-bond donors (Lipinski definition) is 2. The summed E-state index contributed by atoms with van der Waals surface area (Å²) in [6, 6.07) is 13.7. The summed E-state index contributed by atoms with van der Waals surface area (Å²) < 4.78 is 5.62. The first-order chi connectivity index (χ1) is 11.6. The van der Waals surface area contributed by atoms with Gasteiger partial charge in [0, 0.05) is 11.4 Å². The number of rotatable bonds is 8. The highest BCUT2D eigenvalue weighted by molar-refractivity contribution is 5.94. The average Bonchev–Trinajstić information content (AvgIpc) is 2.57. The van der Waals surface area contributed by atoms with Crippen molar-refractivity contribution in [3.05, 3.63) is 53.6 Å². The van der Waals surface area contributed by atoms with Gasteiger partial charge in [-0.3, -0.25) is 4.79 Å². The Morgan fingerprint density at radius 2 is 1.83 bits per heavy atom. The molecule has 2 aromatic carbocycles. The van der Waals surface area contributed by atoms with Gasteiger partial charge in [-0.15, -0.1) is 0 Å². The second kappa shape index (κ2) is 8.96. The third-order valence-electron chi connectivity index (χ3n) is 3.73. The number of hydrogen-bond acceptors (Lipinski definition) is 3. The van der Waals surface area contributed by atoms with Crippen molar-refractivity contribution in [3.8, 4) is 5.75 Å². The predicted octanol–water partition coefficient (Wildman–Crippen LogP) is 4.53. The molecule has 2 N–H and O–H groups in total. The van der Waals surface area contributed by atoms with E-state index in [9.17, 15) is 4.79 Å². The van der Waals surface area contributed by atoms with Crippen LogP contribution in [0, 0.1) is 13.8 Å². The third kappa shape index (κ3) is 5.61. The maximum atomic E-state index is 12.1. The summed E-state index contributed by atoms with van der Waals surface area (Å²) in [6.45, 7) is 7.13. The number of carbonyl (C=O) groups is 1. The molecular formula is C20H26N2O2. The zero-order chi connectivity index (χ0) is 17.4. The van der Waals surface area contributed by atoms with E-state index in [1.807, 2.05) is 50.2 Å². The Morgan fingerprint density at radius 1 is 1.08 bits per heavy atom. The molecule has 4 heteroatoms. The van der Waals surface area contributed by atoms with E-state index in [0.717, 1.165) is 42.1 Å². The fourth-order valence-electron chi connectivity index (χ4n) is 2.33. The minimum absolute atomic E-state index is 0.0646. The molecular weight excluding hydrogens is 300 g/mol. The van der Waals surface area contributed by atoms with Gasteiger partial charge >= 0.3 is 0 Å². The number of ether oxygens (including phenoxy) is 1. The van der Waals surface area contributed by atoms with Crippen molar-refractivity contribution < 1.29 is 9.53 Å². The van der Waals surface area contributed by atoms with Crippen LogP contribution in [0.25, 0.3) is 0 Å². The molecule has 0 aliphatic carbocycles. The molecule has 0 fully saturated rings. The molecule has 0 bridgehead atoms. The van der Waals surface area contributed by atoms with Crippen LogP contribution in [0.5, 0.6) is 5.75 Å². The van der Waals surface area contributed by atoms with E-state index in [1.165, 1.54) is 5.56 Å². The minimum atomic E-state index is -0.0646. The summed E-state index contributed by atoms with van der Waals surface area (Å²) in [5.41, 5.74) is 4.00. The van der Waals surface area contributed by atoms with E-state index in [0.29, 0.717) is 0 Å². The van der Waals surface area contributed by atoms with Gasteiger partial charge in [0.25, 0.3) is 0 Å². The summed E-state index contributed by atoms with van der Waals surface area (Å²) in [5.74, 6) is 0.791. The first-order valence-electron chi connectivity index (χ1n) is 8.42. The molecule has 0 unspecified atom stereocenters. The van der Waals surface area contributed by atoms with Crippen LogP contribution in [0.3, 0.4) is 0 Å². The van der Waals surface area contributed by atoms with Crippen molar-refractivity contribution in [2.45, 2.75) is 33.6 Å². The molecule has 0 saturated carbocycles. The van der Waals surface area contributed by atoms with Gasteiger partial charge in [-0.2, -0.15) is 0 Å². The Labute approximate surface area is 144 Å². The molecule has 4 nitrogen and oxygen atoms in total. The van der Waals surface area contributed by atoms with E-state index in [-0.39, 0.29) is 12.5 Å². The van der Waals surface area contributed by atoms with E-state index in [2.05, 4.69) is 23.6 Å². The number of aryl methyl sites for hydroxylation is 2.